The molecule has 3 nitrogen and oxygen atoms in total. The Balaban J connectivity index is 1.71. The van der Waals surface area contributed by atoms with Gasteiger partial charge in [-0.05, 0) is 50.7 Å². The van der Waals surface area contributed by atoms with E-state index < -0.39 is 11.7 Å². The van der Waals surface area contributed by atoms with Gasteiger partial charge in [-0.3, -0.25) is 0 Å². The number of aryl methyl sites for hydroxylation is 1. The van der Waals surface area contributed by atoms with Crippen molar-refractivity contribution in [3.63, 3.8) is 0 Å². The standard InChI is InChI=1S/C19H22Cl2F3N3/c1-25-8-10-26(11-9-25)6-2-4-15-5-3-7-27(15)18-16(20)12-14(13-17(18)21)19(22,23)24/h3,5,7,12-13H,2,4,6,8-11H2,1H3. The molecule has 0 spiro atoms. The van der Waals surface area contributed by atoms with E-state index in [1.807, 2.05) is 12.1 Å². The monoisotopic (exact) mass is 419 g/mol. The van der Waals surface area contributed by atoms with E-state index >= 15 is 0 Å². The lowest BCUT2D eigenvalue weighted by atomic mass is 10.1. The average Bonchev–Trinajstić information content (AvgIpc) is 3.03. The summed E-state index contributed by atoms with van der Waals surface area (Å²) in [5, 5.41) is -0.0160. The fourth-order valence-electron chi connectivity index (χ4n) is 3.35. The Labute approximate surface area is 167 Å². The van der Waals surface area contributed by atoms with Gasteiger partial charge in [0.05, 0.1) is 21.3 Å². The Morgan fingerprint density at radius 1 is 1.04 bits per heavy atom. The van der Waals surface area contributed by atoms with Crippen LogP contribution in [-0.2, 0) is 12.6 Å². The van der Waals surface area contributed by atoms with Crippen molar-refractivity contribution in [2.45, 2.75) is 19.0 Å². The summed E-state index contributed by atoms with van der Waals surface area (Å²) in [5.41, 5.74) is 0.531. The zero-order valence-electron chi connectivity index (χ0n) is 15.1. The van der Waals surface area contributed by atoms with Crippen molar-refractivity contribution in [2.24, 2.45) is 0 Å². The van der Waals surface area contributed by atoms with Crippen LogP contribution in [0.3, 0.4) is 0 Å². The molecule has 8 heteroatoms. The van der Waals surface area contributed by atoms with Crippen molar-refractivity contribution >= 4 is 23.2 Å². The number of alkyl halides is 3. The van der Waals surface area contributed by atoms with Crippen LogP contribution in [0.5, 0.6) is 0 Å². The number of halogens is 5. The Morgan fingerprint density at radius 3 is 2.26 bits per heavy atom. The van der Waals surface area contributed by atoms with Crippen LogP contribution in [0.2, 0.25) is 10.0 Å². The summed E-state index contributed by atoms with van der Waals surface area (Å²) in [5.74, 6) is 0. The summed E-state index contributed by atoms with van der Waals surface area (Å²) in [7, 11) is 2.13. The molecule has 1 fully saturated rings. The molecule has 1 aliphatic rings. The average molecular weight is 420 g/mol. The molecule has 0 aliphatic carbocycles. The molecule has 148 valence electrons. The van der Waals surface area contributed by atoms with Gasteiger partial charge in [-0.15, -0.1) is 0 Å². The van der Waals surface area contributed by atoms with Gasteiger partial charge in [0.1, 0.15) is 0 Å². The second kappa shape index (κ2) is 8.43. The molecular formula is C19H22Cl2F3N3. The topological polar surface area (TPSA) is 11.4 Å². The molecule has 1 aromatic heterocycles. The molecule has 3 rings (SSSR count). The van der Waals surface area contributed by atoms with Crippen molar-refractivity contribution in [2.75, 3.05) is 39.8 Å². The highest BCUT2D eigenvalue weighted by molar-refractivity contribution is 6.37. The maximum atomic E-state index is 12.9. The smallest absolute Gasteiger partial charge is 0.318 e. The van der Waals surface area contributed by atoms with Crippen LogP contribution in [0.25, 0.3) is 5.69 Å². The van der Waals surface area contributed by atoms with Crippen LogP contribution < -0.4 is 0 Å². The van der Waals surface area contributed by atoms with E-state index in [9.17, 15) is 13.2 Å². The number of benzene rings is 1. The molecule has 1 saturated heterocycles. The molecule has 2 aromatic rings. The zero-order valence-corrected chi connectivity index (χ0v) is 16.6. The number of likely N-dealkylation sites (N-methyl/N-ethyl adjacent to an activating group) is 1. The van der Waals surface area contributed by atoms with Gasteiger partial charge in [0.15, 0.2) is 0 Å². The minimum atomic E-state index is -4.48. The number of hydrogen-bond acceptors (Lipinski definition) is 2. The second-order valence-corrected chi connectivity index (χ2v) is 7.72. The van der Waals surface area contributed by atoms with Gasteiger partial charge in [0, 0.05) is 38.1 Å². The van der Waals surface area contributed by atoms with E-state index in [-0.39, 0.29) is 10.0 Å². The van der Waals surface area contributed by atoms with Crippen molar-refractivity contribution in [1.82, 2.24) is 14.4 Å². The van der Waals surface area contributed by atoms with E-state index in [4.69, 9.17) is 23.2 Å². The molecule has 2 heterocycles. The normalized spacial score (nSPS) is 16.8. The van der Waals surface area contributed by atoms with Gasteiger partial charge < -0.3 is 14.4 Å². The largest absolute Gasteiger partial charge is 0.416 e. The first kappa shape index (κ1) is 20.5. The molecule has 0 saturated carbocycles. The Bertz CT molecular complexity index is 758. The summed E-state index contributed by atoms with van der Waals surface area (Å²) in [4.78, 5) is 4.75. The minimum absolute atomic E-state index is 0.00802. The first-order valence-corrected chi connectivity index (χ1v) is 9.65. The SMILES string of the molecule is CN1CCN(CCCc2cccn2-c2c(Cl)cc(C(F)(F)F)cc2Cl)CC1. The predicted octanol–water partition coefficient (Wildman–Crippen LogP) is 4.98. The third kappa shape index (κ3) is 4.99. The summed E-state index contributed by atoms with van der Waals surface area (Å²) in [6.45, 7) is 5.27. The Morgan fingerprint density at radius 2 is 1.67 bits per heavy atom. The number of rotatable bonds is 5. The second-order valence-electron chi connectivity index (χ2n) is 6.90. The Hall–Kier alpha value is -1.21. The van der Waals surface area contributed by atoms with Crippen LogP contribution >= 0.6 is 23.2 Å². The number of hydrogen-bond donors (Lipinski definition) is 0. The molecular weight excluding hydrogens is 398 g/mol. The highest BCUT2D eigenvalue weighted by Crippen LogP contribution is 2.38. The van der Waals surface area contributed by atoms with Crippen LogP contribution in [0, 0.1) is 0 Å². The van der Waals surface area contributed by atoms with Crippen molar-refractivity contribution in [3.8, 4) is 5.69 Å². The van der Waals surface area contributed by atoms with E-state index in [0.717, 1.165) is 63.4 Å². The van der Waals surface area contributed by atoms with Gasteiger partial charge in [0.2, 0.25) is 0 Å². The maximum Gasteiger partial charge on any atom is 0.416 e. The quantitative estimate of drug-likeness (QED) is 0.676. The van der Waals surface area contributed by atoms with Crippen molar-refractivity contribution in [3.05, 3.63) is 51.8 Å². The minimum Gasteiger partial charge on any atom is -0.318 e. The van der Waals surface area contributed by atoms with Gasteiger partial charge in [-0.25, -0.2) is 0 Å². The van der Waals surface area contributed by atoms with Crippen LogP contribution in [0.4, 0.5) is 13.2 Å². The fourth-order valence-corrected chi connectivity index (χ4v) is 4.02. The maximum absolute atomic E-state index is 12.9. The molecule has 27 heavy (non-hydrogen) atoms. The molecule has 0 atom stereocenters. The van der Waals surface area contributed by atoms with Crippen molar-refractivity contribution in [1.29, 1.82) is 0 Å². The molecule has 0 radical (unpaired) electrons. The molecule has 1 aromatic carbocycles. The fraction of sp³-hybridized carbons (Fsp3) is 0.474. The number of aromatic nitrogens is 1. The number of piperazine rings is 1. The van der Waals surface area contributed by atoms with E-state index in [1.165, 1.54) is 0 Å². The van der Waals surface area contributed by atoms with Crippen LogP contribution in [0.1, 0.15) is 17.7 Å². The molecule has 1 aliphatic heterocycles. The number of nitrogens with zero attached hydrogens (tertiary/aromatic N) is 3. The lowest BCUT2D eigenvalue weighted by Gasteiger charge is -2.32. The molecule has 0 amide bonds. The van der Waals surface area contributed by atoms with E-state index in [1.54, 1.807) is 10.8 Å². The Kier molecular flexibility index (Phi) is 6.41. The summed E-state index contributed by atoms with van der Waals surface area (Å²) < 4.78 is 40.6. The summed E-state index contributed by atoms with van der Waals surface area (Å²) in [6, 6.07) is 5.66. The summed E-state index contributed by atoms with van der Waals surface area (Å²) >= 11 is 12.3. The lowest BCUT2D eigenvalue weighted by Crippen LogP contribution is -2.44. The first-order valence-electron chi connectivity index (χ1n) is 8.89. The summed E-state index contributed by atoms with van der Waals surface area (Å²) in [6.07, 6.45) is -0.935. The van der Waals surface area contributed by atoms with Gasteiger partial charge in [0.25, 0.3) is 0 Å². The van der Waals surface area contributed by atoms with Crippen LogP contribution in [-0.4, -0.2) is 54.1 Å². The molecule has 0 bridgehead atoms. The zero-order chi connectivity index (χ0) is 19.6. The lowest BCUT2D eigenvalue weighted by molar-refractivity contribution is -0.137. The van der Waals surface area contributed by atoms with Gasteiger partial charge >= 0.3 is 6.18 Å². The third-order valence-corrected chi connectivity index (χ3v) is 5.50. The third-order valence-electron chi connectivity index (χ3n) is 4.92. The van der Waals surface area contributed by atoms with Gasteiger partial charge in [-0.1, -0.05) is 23.2 Å². The van der Waals surface area contributed by atoms with Crippen molar-refractivity contribution < 1.29 is 13.2 Å². The highest BCUT2D eigenvalue weighted by atomic mass is 35.5. The van der Waals surface area contributed by atoms with Gasteiger partial charge in [-0.2, -0.15) is 13.2 Å². The predicted molar refractivity (Wildman–Crippen MR) is 103 cm³/mol. The highest BCUT2D eigenvalue weighted by Gasteiger charge is 2.32. The molecule has 0 N–H and O–H groups in total. The molecule has 0 unspecified atom stereocenters. The van der Waals surface area contributed by atoms with E-state index in [0.29, 0.717) is 5.69 Å². The first-order chi connectivity index (χ1) is 12.8. The van der Waals surface area contributed by atoms with E-state index in [2.05, 4.69) is 16.8 Å². The van der Waals surface area contributed by atoms with Crippen LogP contribution in [0.15, 0.2) is 30.5 Å².